The Morgan fingerprint density at radius 3 is 0.700 bits per heavy atom. The van der Waals surface area contributed by atoms with E-state index in [0.717, 1.165) is 0 Å². The lowest BCUT2D eigenvalue weighted by Gasteiger charge is -2.21. The van der Waals surface area contributed by atoms with Crippen molar-refractivity contribution in [1.82, 2.24) is 0 Å². The lowest BCUT2D eigenvalue weighted by atomic mass is 9.82. The largest absolute Gasteiger partial charge is 1.00 e. The summed E-state index contributed by atoms with van der Waals surface area (Å²) in [6.07, 6.45) is 0. The third kappa shape index (κ3) is 3.54. The minimum Gasteiger partial charge on any atom is -1.00 e. The molecular weight excluding hydrogens is 480 g/mol. The monoisotopic (exact) mass is 508 g/mol. The average molecular weight is 509 g/mol. The number of hydrogen-bond donors (Lipinski definition) is 0. The molecule has 40 heavy (non-hydrogen) atoms. The summed E-state index contributed by atoms with van der Waals surface area (Å²) in [5.41, 5.74) is 10.0. The van der Waals surface area contributed by atoms with Crippen LogP contribution in [0.1, 0.15) is 1.43 Å². The Bertz CT molecular complexity index is 1810. The van der Waals surface area contributed by atoms with Gasteiger partial charge in [-0.3, -0.25) is 0 Å². The van der Waals surface area contributed by atoms with Crippen LogP contribution in [0.15, 0.2) is 158 Å². The van der Waals surface area contributed by atoms with Crippen LogP contribution in [-0.4, -0.2) is 0 Å². The van der Waals surface area contributed by atoms with Crippen LogP contribution in [0, 0.1) is 0 Å². The van der Waals surface area contributed by atoms with Crippen molar-refractivity contribution in [2.24, 2.45) is 0 Å². The second-order valence-corrected chi connectivity index (χ2v) is 10.5. The van der Waals surface area contributed by atoms with E-state index in [-0.39, 0.29) is 1.43 Å². The first-order valence-electron chi connectivity index (χ1n) is 13.9. The van der Waals surface area contributed by atoms with Gasteiger partial charge in [-0.05, 0) is 89.0 Å². The highest BCUT2D eigenvalue weighted by Gasteiger charge is 2.20. The molecule has 0 unspecified atom stereocenters. The Kier molecular flexibility index (Phi) is 5.24. The second-order valence-electron chi connectivity index (χ2n) is 10.5. The first kappa shape index (κ1) is 22.8. The molecule has 0 saturated heterocycles. The highest BCUT2D eigenvalue weighted by molar-refractivity contribution is 6.31. The van der Waals surface area contributed by atoms with E-state index in [2.05, 4.69) is 158 Å². The molecule has 0 saturated carbocycles. The van der Waals surface area contributed by atoms with Gasteiger partial charge in [-0.2, -0.15) is 0 Å². The molecule has 188 valence electrons. The van der Waals surface area contributed by atoms with Crippen LogP contribution in [0.3, 0.4) is 0 Å². The van der Waals surface area contributed by atoms with Crippen molar-refractivity contribution >= 4 is 32.3 Å². The van der Waals surface area contributed by atoms with Gasteiger partial charge < -0.3 is 1.43 Å². The van der Waals surface area contributed by atoms with Crippen LogP contribution >= 0.6 is 0 Å². The maximum absolute atomic E-state index is 2.39. The van der Waals surface area contributed by atoms with Crippen molar-refractivity contribution in [2.45, 2.75) is 0 Å². The summed E-state index contributed by atoms with van der Waals surface area (Å²) in [7, 11) is 0. The van der Waals surface area contributed by atoms with Crippen molar-refractivity contribution in [3.8, 4) is 44.5 Å². The van der Waals surface area contributed by atoms with Crippen molar-refractivity contribution in [3.05, 3.63) is 158 Å². The smallest absolute Gasteiger partial charge is 0.00139 e. The van der Waals surface area contributed by atoms with Crippen LogP contribution < -0.4 is 0 Å². The quantitative estimate of drug-likeness (QED) is 0.207. The summed E-state index contributed by atoms with van der Waals surface area (Å²) in [5, 5.41) is 7.85. The van der Waals surface area contributed by atoms with Crippen LogP contribution in [0.2, 0.25) is 0 Å². The zero-order valence-electron chi connectivity index (χ0n) is 23.0. The van der Waals surface area contributed by atoms with E-state index in [9.17, 15) is 0 Å². The third-order valence-corrected chi connectivity index (χ3v) is 8.24. The molecule has 0 heterocycles. The summed E-state index contributed by atoms with van der Waals surface area (Å²) in [5.74, 6) is 0. The topological polar surface area (TPSA) is 0 Å². The Labute approximate surface area is 235 Å². The molecule has 0 N–H and O–H groups in total. The fourth-order valence-corrected chi connectivity index (χ4v) is 6.42. The van der Waals surface area contributed by atoms with Crippen LogP contribution in [0.5, 0.6) is 0 Å². The predicted octanol–water partition coefficient (Wildman–Crippen LogP) is 11.4. The van der Waals surface area contributed by atoms with Gasteiger partial charge in [0.15, 0.2) is 0 Å². The molecular formula is C40H27-. The first-order chi connectivity index (χ1) is 19.9. The zero-order chi connectivity index (χ0) is 26.5. The van der Waals surface area contributed by atoms with E-state index in [1.165, 1.54) is 76.8 Å². The Balaban J connectivity index is 0.00000276. The van der Waals surface area contributed by atoms with Crippen LogP contribution in [0.25, 0.3) is 76.8 Å². The number of benzene rings is 8. The van der Waals surface area contributed by atoms with Crippen molar-refractivity contribution in [2.75, 3.05) is 0 Å². The Hall–Kier alpha value is -5.20. The number of rotatable bonds is 4. The van der Waals surface area contributed by atoms with Gasteiger partial charge in [0.05, 0.1) is 0 Å². The van der Waals surface area contributed by atoms with Gasteiger partial charge in [-0.1, -0.05) is 146 Å². The van der Waals surface area contributed by atoms with Crippen LogP contribution in [0.4, 0.5) is 0 Å². The van der Waals surface area contributed by atoms with Gasteiger partial charge in [0, 0.05) is 0 Å². The Morgan fingerprint density at radius 1 is 0.250 bits per heavy atom. The van der Waals surface area contributed by atoms with Gasteiger partial charge in [-0.25, -0.2) is 0 Å². The summed E-state index contributed by atoms with van der Waals surface area (Å²) in [4.78, 5) is 0. The molecule has 0 heteroatoms. The van der Waals surface area contributed by atoms with Crippen molar-refractivity contribution in [3.63, 3.8) is 0 Å². The normalized spacial score (nSPS) is 11.5. The van der Waals surface area contributed by atoms with E-state index in [1.54, 1.807) is 0 Å². The summed E-state index contributed by atoms with van der Waals surface area (Å²) in [6, 6.07) is 57.4. The molecule has 0 aliphatic heterocycles. The molecule has 0 spiro atoms. The highest BCUT2D eigenvalue weighted by atomic mass is 14.2. The minimum absolute atomic E-state index is 0. The molecule has 0 bridgehead atoms. The Morgan fingerprint density at radius 2 is 0.475 bits per heavy atom. The zero-order valence-corrected chi connectivity index (χ0v) is 22.0. The van der Waals surface area contributed by atoms with Gasteiger partial charge >= 0.3 is 0 Å². The van der Waals surface area contributed by atoms with E-state index >= 15 is 0 Å². The third-order valence-electron chi connectivity index (χ3n) is 8.24. The van der Waals surface area contributed by atoms with Gasteiger partial charge in [0.2, 0.25) is 0 Å². The minimum atomic E-state index is 0. The van der Waals surface area contributed by atoms with Gasteiger partial charge in [-0.15, -0.1) is 0 Å². The molecule has 0 atom stereocenters. The maximum Gasteiger partial charge on any atom is -0.00139 e. The molecule has 0 amide bonds. The molecule has 8 rings (SSSR count). The molecule has 0 aliphatic carbocycles. The maximum atomic E-state index is 2.39. The van der Waals surface area contributed by atoms with Gasteiger partial charge in [0.1, 0.15) is 0 Å². The molecule has 0 fully saturated rings. The fourth-order valence-electron chi connectivity index (χ4n) is 6.42. The number of hydrogen-bond acceptors (Lipinski definition) is 0. The molecule has 8 aromatic rings. The highest BCUT2D eigenvalue weighted by Crippen LogP contribution is 2.48. The van der Waals surface area contributed by atoms with Gasteiger partial charge in [0.25, 0.3) is 0 Å². The molecule has 0 aliphatic rings. The summed E-state index contributed by atoms with van der Waals surface area (Å²) < 4.78 is 0. The lowest BCUT2D eigenvalue weighted by molar-refractivity contribution is 1.62. The SMILES string of the molecule is [2H-].c1ccc(-c2cc(-c3ccccc3)c3ccc4c(-c5ccccc5)cc(-c5ccccc5)c5ccc2c3c54)cc1. The van der Waals surface area contributed by atoms with Crippen molar-refractivity contribution in [1.29, 1.82) is 0 Å². The standard InChI is InChI=1S/C40H26.H/c1-5-13-27(14-6-1)35-25-36(28-15-7-2-8-16-28)32-23-24-34-38(30-19-11-4-12-20-30)26-37(29-17-9-3-10-18-29)33-22-21-31(35)39(32)40(33)34;/h1-26H;/q;-1/i;1+1. The van der Waals surface area contributed by atoms with E-state index in [1.807, 2.05) is 0 Å². The average Bonchev–Trinajstić information content (AvgIpc) is 3.04. The van der Waals surface area contributed by atoms with Crippen LogP contribution in [-0.2, 0) is 0 Å². The van der Waals surface area contributed by atoms with Crippen molar-refractivity contribution < 1.29 is 1.43 Å². The molecule has 8 aromatic carbocycles. The van der Waals surface area contributed by atoms with E-state index in [0.29, 0.717) is 0 Å². The summed E-state index contributed by atoms with van der Waals surface area (Å²) >= 11 is 0. The second kappa shape index (κ2) is 9.22. The lowest BCUT2D eigenvalue weighted by Crippen LogP contribution is -1.94. The molecule has 0 nitrogen and oxygen atoms in total. The predicted molar refractivity (Wildman–Crippen MR) is 173 cm³/mol. The fraction of sp³-hybridized carbons (Fsp3) is 0. The van der Waals surface area contributed by atoms with E-state index in [4.69, 9.17) is 0 Å². The molecule has 0 aromatic heterocycles. The molecule has 0 radical (unpaired) electrons. The summed E-state index contributed by atoms with van der Waals surface area (Å²) in [6.45, 7) is 0. The van der Waals surface area contributed by atoms with E-state index < -0.39 is 0 Å². The first-order valence-corrected chi connectivity index (χ1v) is 13.9.